The molecule has 113 valence electrons. The summed E-state index contributed by atoms with van der Waals surface area (Å²) in [6, 6.07) is 16.5. The van der Waals surface area contributed by atoms with Crippen molar-refractivity contribution in [2.24, 2.45) is 10.6 Å². The molecular formula is C12H12CuN4O4+2. The van der Waals surface area contributed by atoms with Crippen molar-refractivity contribution in [3.8, 4) is 0 Å². The predicted molar refractivity (Wildman–Crippen MR) is 67.9 cm³/mol. The van der Waals surface area contributed by atoms with E-state index in [0.717, 1.165) is 0 Å². The Hall–Kier alpha value is -2.64. The van der Waals surface area contributed by atoms with Gasteiger partial charge in [-0.25, -0.2) is 0 Å². The SMILES string of the molecule is [Cu+2].[O-]/[N+](=N\O)c1ccccc1.[O-]/[N+](=N\O)c1ccccc1. The third kappa shape index (κ3) is 6.37. The average Bonchev–Trinajstić information content (AvgIpc) is 2.55. The van der Waals surface area contributed by atoms with E-state index in [1.807, 2.05) is 0 Å². The van der Waals surface area contributed by atoms with E-state index in [2.05, 4.69) is 10.6 Å². The molecule has 0 aliphatic carbocycles. The molecule has 21 heavy (non-hydrogen) atoms. The van der Waals surface area contributed by atoms with Crippen LogP contribution < -0.4 is 0 Å². The van der Waals surface area contributed by atoms with Gasteiger partial charge in [-0.2, -0.15) is 0 Å². The number of hydrogen-bond donors (Lipinski definition) is 2. The second-order valence-electron chi connectivity index (χ2n) is 3.40. The fourth-order valence-electron chi connectivity index (χ4n) is 1.21. The summed E-state index contributed by atoms with van der Waals surface area (Å²) in [4.78, 5) is 0.278. The molecule has 0 heterocycles. The second kappa shape index (κ2) is 10.2. The average molecular weight is 340 g/mol. The molecule has 0 saturated carbocycles. The van der Waals surface area contributed by atoms with Crippen LogP contribution in [-0.2, 0) is 17.1 Å². The number of nitrogens with zero attached hydrogens (tertiary/aromatic N) is 4. The van der Waals surface area contributed by atoms with Gasteiger partial charge in [0.2, 0.25) is 21.9 Å². The van der Waals surface area contributed by atoms with Gasteiger partial charge in [0, 0.05) is 24.3 Å². The first-order chi connectivity index (χ1) is 9.69. The van der Waals surface area contributed by atoms with Crippen molar-refractivity contribution in [1.82, 2.24) is 0 Å². The largest absolute Gasteiger partial charge is 2.00 e. The molecule has 8 nitrogen and oxygen atoms in total. The Morgan fingerprint density at radius 3 is 1.19 bits per heavy atom. The summed E-state index contributed by atoms with van der Waals surface area (Å²) in [6.07, 6.45) is 0. The molecule has 0 saturated heterocycles. The first-order valence-corrected chi connectivity index (χ1v) is 5.43. The summed E-state index contributed by atoms with van der Waals surface area (Å²) in [5.41, 5.74) is 0.620. The van der Waals surface area contributed by atoms with Crippen LogP contribution in [0.3, 0.4) is 0 Å². The van der Waals surface area contributed by atoms with Gasteiger partial charge in [0.15, 0.2) is 0 Å². The van der Waals surface area contributed by atoms with Gasteiger partial charge in [-0.3, -0.25) is 0 Å². The van der Waals surface area contributed by atoms with E-state index in [4.69, 9.17) is 10.4 Å². The summed E-state index contributed by atoms with van der Waals surface area (Å²) >= 11 is 0. The van der Waals surface area contributed by atoms with Crippen LogP contribution in [0.1, 0.15) is 0 Å². The van der Waals surface area contributed by atoms with Gasteiger partial charge in [0.25, 0.3) is 0 Å². The molecule has 1 radical (unpaired) electrons. The Morgan fingerprint density at radius 1 is 0.667 bits per heavy atom. The molecule has 0 aromatic heterocycles. The Kier molecular flexibility index (Phi) is 8.90. The van der Waals surface area contributed by atoms with E-state index in [-0.39, 0.29) is 26.8 Å². The fraction of sp³-hybridized carbons (Fsp3) is 0. The molecule has 0 fully saturated rings. The van der Waals surface area contributed by atoms with E-state index < -0.39 is 0 Å². The summed E-state index contributed by atoms with van der Waals surface area (Å²) in [7, 11) is 0. The summed E-state index contributed by atoms with van der Waals surface area (Å²) in [5.74, 6) is 0. The van der Waals surface area contributed by atoms with Crippen molar-refractivity contribution in [2.75, 3.05) is 0 Å². The summed E-state index contributed by atoms with van der Waals surface area (Å²) in [5, 5.41) is 42.0. The molecule has 0 aliphatic heterocycles. The smallest absolute Gasteiger partial charge is 0.592 e. The Balaban J connectivity index is 0.000000364. The van der Waals surface area contributed by atoms with Gasteiger partial charge in [-0.15, -0.1) is 0 Å². The minimum absolute atomic E-state index is 0. The minimum Gasteiger partial charge on any atom is -0.592 e. The van der Waals surface area contributed by atoms with Gasteiger partial charge in [-0.05, 0) is 9.72 Å². The molecule has 9 heteroatoms. The van der Waals surface area contributed by atoms with Crippen LogP contribution >= 0.6 is 0 Å². The van der Waals surface area contributed by atoms with E-state index in [1.54, 1.807) is 60.7 Å². The maximum atomic E-state index is 10.5. The van der Waals surface area contributed by atoms with E-state index >= 15 is 0 Å². The van der Waals surface area contributed by atoms with Gasteiger partial charge in [-0.1, -0.05) is 36.4 Å². The molecule has 2 rings (SSSR count). The maximum absolute atomic E-state index is 10.5. The Labute approximate surface area is 130 Å². The molecule has 0 unspecified atom stereocenters. The van der Waals surface area contributed by atoms with Crippen molar-refractivity contribution in [3.63, 3.8) is 0 Å². The number of hydrogen-bond acceptors (Lipinski definition) is 4. The van der Waals surface area contributed by atoms with Crippen LogP contribution in [0.15, 0.2) is 71.2 Å². The third-order valence-corrected chi connectivity index (χ3v) is 2.12. The van der Waals surface area contributed by atoms with Crippen LogP contribution in [0.25, 0.3) is 0 Å². The molecule has 2 aromatic rings. The van der Waals surface area contributed by atoms with Gasteiger partial charge < -0.3 is 20.8 Å². The molecule has 0 bridgehead atoms. The third-order valence-electron chi connectivity index (χ3n) is 2.12. The van der Waals surface area contributed by atoms with Crippen LogP contribution in [0.2, 0.25) is 0 Å². The first-order valence-electron chi connectivity index (χ1n) is 5.43. The molecule has 0 spiro atoms. The molecule has 0 amide bonds. The predicted octanol–water partition coefficient (Wildman–Crippen LogP) is 3.34. The van der Waals surface area contributed by atoms with E-state index in [1.165, 1.54) is 0 Å². The molecular weight excluding hydrogens is 328 g/mol. The summed E-state index contributed by atoms with van der Waals surface area (Å²) in [6.45, 7) is 0. The second-order valence-corrected chi connectivity index (χ2v) is 3.40. The van der Waals surface area contributed by atoms with E-state index in [0.29, 0.717) is 11.4 Å². The quantitative estimate of drug-likeness (QED) is 0.377. The first kappa shape index (κ1) is 18.4. The van der Waals surface area contributed by atoms with Crippen LogP contribution in [0.5, 0.6) is 0 Å². The van der Waals surface area contributed by atoms with Crippen LogP contribution in [0, 0.1) is 10.4 Å². The zero-order valence-electron chi connectivity index (χ0n) is 10.6. The van der Waals surface area contributed by atoms with Crippen LogP contribution in [0.4, 0.5) is 11.4 Å². The van der Waals surface area contributed by atoms with Crippen molar-refractivity contribution in [2.45, 2.75) is 0 Å². The van der Waals surface area contributed by atoms with E-state index in [9.17, 15) is 10.4 Å². The Bertz CT molecular complexity index is 525. The zero-order chi connectivity index (χ0) is 14.8. The van der Waals surface area contributed by atoms with Crippen molar-refractivity contribution >= 4 is 11.4 Å². The standard InChI is InChI=1S/2C6H6N2O2.Cu/c2*9-7-8(10)6-4-2-1-3-5-6;/h2*1-5,9H;/q;;+2/b2*8-7-;. The Morgan fingerprint density at radius 2 is 0.952 bits per heavy atom. The van der Waals surface area contributed by atoms with Crippen molar-refractivity contribution in [3.05, 3.63) is 71.1 Å². The molecule has 0 atom stereocenters. The molecule has 0 aliphatic rings. The number of para-hydroxylation sites is 2. The molecule has 2 N–H and O–H groups in total. The number of benzene rings is 2. The normalized spacial score (nSPS) is 10.9. The number of rotatable bonds is 2. The topological polar surface area (TPSA) is 117 Å². The van der Waals surface area contributed by atoms with Gasteiger partial charge in [0.05, 0.1) is 0 Å². The van der Waals surface area contributed by atoms with Gasteiger partial charge in [0.1, 0.15) is 0 Å². The van der Waals surface area contributed by atoms with Crippen molar-refractivity contribution < 1.29 is 37.2 Å². The summed E-state index contributed by atoms with van der Waals surface area (Å²) < 4.78 is 0. The minimum atomic E-state index is 0. The zero-order valence-corrected chi connectivity index (χ0v) is 11.5. The fourth-order valence-corrected chi connectivity index (χ4v) is 1.21. The van der Waals surface area contributed by atoms with Gasteiger partial charge >= 0.3 is 17.1 Å². The monoisotopic (exact) mass is 339 g/mol. The van der Waals surface area contributed by atoms with Crippen LogP contribution in [-0.4, -0.2) is 20.1 Å². The van der Waals surface area contributed by atoms with Crippen molar-refractivity contribution in [1.29, 1.82) is 0 Å². The maximum Gasteiger partial charge on any atom is 2.00 e. The molecule has 2 aromatic carbocycles.